The Hall–Kier alpha value is -2.36. The monoisotopic (exact) mass is 427 g/mol. The molecule has 1 aromatic carbocycles. The number of amides is 1. The van der Waals surface area contributed by atoms with Crippen molar-refractivity contribution in [2.45, 2.75) is 31.0 Å². The number of hydrogen-bond donors (Lipinski definition) is 0. The van der Waals surface area contributed by atoms with Gasteiger partial charge in [-0.25, -0.2) is 9.97 Å². The summed E-state index contributed by atoms with van der Waals surface area (Å²) in [5, 5.41) is 0.566. The highest BCUT2D eigenvalue weighted by Crippen LogP contribution is 2.32. The van der Waals surface area contributed by atoms with Crippen molar-refractivity contribution in [1.82, 2.24) is 14.9 Å². The number of esters is 1. The zero-order valence-corrected chi connectivity index (χ0v) is 16.6. The van der Waals surface area contributed by atoms with Gasteiger partial charge in [0.1, 0.15) is 5.03 Å². The minimum atomic E-state index is -4.68. The highest BCUT2D eigenvalue weighted by Gasteiger charge is 2.36. The van der Waals surface area contributed by atoms with Crippen LogP contribution in [0, 0.1) is 5.92 Å². The molecule has 0 spiro atoms. The van der Waals surface area contributed by atoms with Crippen LogP contribution in [0.4, 0.5) is 13.2 Å². The number of nitrogens with zero attached hydrogens (tertiary/aromatic N) is 3. The minimum Gasteiger partial charge on any atom is -0.466 e. The molecule has 0 N–H and O–H groups in total. The average Bonchev–Trinajstić information content (AvgIpc) is 2.71. The molecule has 0 saturated carbocycles. The lowest BCUT2D eigenvalue weighted by Crippen LogP contribution is -2.43. The van der Waals surface area contributed by atoms with Gasteiger partial charge in [-0.1, -0.05) is 30.0 Å². The van der Waals surface area contributed by atoms with Crippen LogP contribution in [0.2, 0.25) is 0 Å². The number of fused-ring (bicyclic) bond motifs is 1. The molecule has 1 saturated heterocycles. The SMILES string of the molecule is CCOC(=O)[C@H]1CCCN(C(=O)CSc2nc(C(F)(F)F)nc3ccccc23)C1. The first-order valence-electron chi connectivity index (χ1n) is 9.20. The van der Waals surface area contributed by atoms with Gasteiger partial charge < -0.3 is 9.64 Å². The smallest absolute Gasteiger partial charge is 0.451 e. The van der Waals surface area contributed by atoms with Crippen LogP contribution in [-0.4, -0.2) is 52.2 Å². The summed E-state index contributed by atoms with van der Waals surface area (Å²) in [6.07, 6.45) is -3.35. The van der Waals surface area contributed by atoms with E-state index in [2.05, 4.69) is 9.97 Å². The Morgan fingerprint density at radius 2 is 2.03 bits per heavy atom. The normalized spacial score (nSPS) is 17.4. The molecule has 156 valence electrons. The molecular formula is C19H20F3N3O3S. The molecule has 0 radical (unpaired) electrons. The van der Waals surface area contributed by atoms with E-state index in [1.165, 1.54) is 6.07 Å². The zero-order valence-electron chi connectivity index (χ0n) is 15.7. The molecule has 3 rings (SSSR count). The molecule has 2 aromatic rings. The van der Waals surface area contributed by atoms with Crippen LogP contribution in [0.5, 0.6) is 0 Å². The Kier molecular flexibility index (Phi) is 6.61. The van der Waals surface area contributed by atoms with E-state index in [-0.39, 0.29) is 47.2 Å². The molecule has 1 aromatic heterocycles. The predicted molar refractivity (Wildman–Crippen MR) is 101 cm³/mol. The first-order valence-corrected chi connectivity index (χ1v) is 10.2. The van der Waals surface area contributed by atoms with Gasteiger partial charge in [-0.15, -0.1) is 0 Å². The first kappa shape index (κ1) is 21.4. The fourth-order valence-electron chi connectivity index (χ4n) is 3.16. The first-order chi connectivity index (χ1) is 13.8. The van der Waals surface area contributed by atoms with Crippen LogP contribution < -0.4 is 0 Å². The number of alkyl halides is 3. The van der Waals surface area contributed by atoms with Gasteiger partial charge in [-0.2, -0.15) is 13.2 Å². The standard InChI is InChI=1S/C19H20F3N3O3S/c1-2-28-17(27)12-6-5-9-25(10-12)15(26)11-29-16-13-7-3-4-8-14(13)23-18(24-16)19(20,21)22/h3-4,7-8,12H,2,5-6,9-11H2,1H3/t12-/m0/s1. The van der Waals surface area contributed by atoms with Crippen LogP contribution in [-0.2, 0) is 20.5 Å². The maximum atomic E-state index is 13.1. The molecule has 0 aliphatic carbocycles. The fourth-order valence-corrected chi connectivity index (χ4v) is 4.08. The molecule has 1 aliphatic rings. The molecule has 1 aliphatic heterocycles. The summed E-state index contributed by atoms with van der Waals surface area (Å²) in [5.41, 5.74) is 0.171. The van der Waals surface area contributed by atoms with E-state index >= 15 is 0 Å². The van der Waals surface area contributed by atoms with Crippen molar-refractivity contribution in [3.63, 3.8) is 0 Å². The summed E-state index contributed by atoms with van der Waals surface area (Å²) in [6, 6.07) is 6.38. The highest BCUT2D eigenvalue weighted by molar-refractivity contribution is 8.00. The second kappa shape index (κ2) is 8.98. The van der Waals surface area contributed by atoms with Crippen molar-refractivity contribution in [3.8, 4) is 0 Å². The summed E-state index contributed by atoms with van der Waals surface area (Å²) < 4.78 is 44.4. The van der Waals surface area contributed by atoms with Gasteiger partial charge in [0.05, 0.1) is 23.8 Å². The van der Waals surface area contributed by atoms with Gasteiger partial charge in [-0.05, 0) is 25.8 Å². The lowest BCUT2D eigenvalue weighted by Gasteiger charge is -2.31. The average molecular weight is 427 g/mol. The van der Waals surface area contributed by atoms with Crippen molar-refractivity contribution in [1.29, 1.82) is 0 Å². The van der Waals surface area contributed by atoms with E-state index < -0.39 is 12.0 Å². The van der Waals surface area contributed by atoms with Gasteiger partial charge in [0.25, 0.3) is 0 Å². The summed E-state index contributed by atoms with van der Waals surface area (Å²) in [6.45, 7) is 2.77. The molecule has 2 heterocycles. The Labute approximate surface area is 169 Å². The fraction of sp³-hybridized carbons (Fsp3) is 0.474. The number of carbonyl (C=O) groups is 2. The molecule has 0 unspecified atom stereocenters. The molecule has 1 fully saturated rings. The summed E-state index contributed by atoms with van der Waals surface area (Å²) in [5.74, 6) is -2.25. The number of aromatic nitrogens is 2. The van der Waals surface area contributed by atoms with Gasteiger partial charge in [0.15, 0.2) is 0 Å². The Bertz CT molecular complexity index is 907. The summed E-state index contributed by atoms with van der Waals surface area (Å²) >= 11 is 0.943. The maximum Gasteiger partial charge on any atom is 0.451 e. The van der Waals surface area contributed by atoms with Gasteiger partial charge in [-0.3, -0.25) is 9.59 Å². The number of ether oxygens (including phenoxy) is 1. The number of halogens is 3. The van der Waals surface area contributed by atoms with Crippen molar-refractivity contribution < 1.29 is 27.5 Å². The van der Waals surface area contributed by atoms with Crippen LogP contribution in [0.3, 0.4) is 0 Å². The molecule has 1 atom stereocenters. The number of hydrogen-bond acceptors (Lipinski definition) is 6. The van der Waals surface area contributed by atoms with E-state index in [0.29, 0.717) is 24.8 Å². The Morgan fingerprint density at radius 1 is 1.28 bits per heavy atom. The van der Waals surface area contributed by atoms with Gasteiger partial charge in [0, 0.05) is 18.5 Å². The molecule has 0 bridgehead atoms. The minimum absolute atomic E-state index is 0.0755. The third-order valence-corrected chi connectivity index (χ3v) is 5.52. The third kappa shape index (κ3) is 5.17. The maximum absolute atomic E-state index is 13.1. The predicted octanol–water partition coefficient (Wildman–Crippen LogP) is 3.54. The molecule has 29 heavy (non-hydrogen) atoms. The quantitative estimate of drug-likeness (QED) is 0.413. The second-order valence-electron chi connectivity index (χ2n) is 6.59. The van der Waals surface area contributed by atoms with E-state index in [0.717, 1.165) is 11.8 Å². The molecular weight excluding hydrogens is 407 g/mol. The number of para-hydroxylation sites is 1. The largest absolute Gasteiger partial charge is 0.466 e. The lowest BCUT2D eigenvalue weighted by atomic mass is 9.98. The second-order valence-corrected chi connectivity index (χ2v) is 7.55. The summed E-state index contributed by atoms with van der Waals surface area (Å²) in [7, 11) is 0. The number of carbonyl (C=O) groups excluding carboxylic acids is 2. The van der Waals surface area contributed by atoms with E-state index in [1.807, 2.05) is 0 Å². The highest BCUT2D eigenvalue weighted by atomic mass is 32.2. The zero-order chi connectivity index (χ0) is 21.0. The number of likely N-dealkylation sites (tertiary alicyclic amines) is 1. The molecule has 1 amide bonds. The Balaban J connectivity index is 1.73. The van der Waals surface area contributed by atoms with Crippen molar-refractivity contribution in [2.24, 2.45) is 5.92 Å². The molecule has 10 heteroatoms. The number of benzene rings is 1. The lowest BCUT2D eigenvalue weighted by molar-refractivity contribution is -0.151. The van der Waals surface area contributed by atoms with Crippen LogP contribution in [0.1, 0.15) is 25.6 Å². The van der Waals surface area contributed by atoms with Crippen LogP contribution >= 0.6 is 11.8 Å². The third-order valence-electron chi connectivity index (χ3n) is 4.55. The summed E-state index contributed by atoms with van der Waals surface area (Å²) in [4.78, 5) is 33.3. The number of thioether (sulfide) groups is 1. The van der Waals surface area contributed by atoms with E-state index in [1.54, 1.807) is 30.0 Å². The van der Waals surface area contributed by atoms with Gasteiger partial charge in [0.2, 0.25) is 11.7 Å². The number of piperidine rings is 1. The van der Waals surface area contributed by atoms with Crippen molar-refractivity contribution in [3.05, 3.63) is 30.1 Å². The van der Waals surface area contributed by atoms with Crippen molar-refractivity contribution >= 4 is 34.5 Å². The topological polar surface area (TPSA) is 72.4 Å². The van der Waals surface area contributed by atoms with E-state index in [4.69, 9.17) is 4.74 Å². The Morgan fingerprint density at radius 3 is 2.76 bits per heavy atom. The van der Waals surface area contributed by atoms with Crippen LogP contribution in [0.25, 0.3) is 10.9 Å². The number of rotatable bonds is 5. The van der Waals surface area contributed by atoms with Crippen LogP contribution in [0.15, 0.2) is 29.3 Å². The molecule has 6 nitrogen and oxygen atoms in total. The van der Waals surface area contributed by atoms with Gasteiger partial charge >= 0.3 is 12.1 Å². The van der Waals surface area contributed by atoms with E-state index in [9.17, 15) is 22.8 Å². The van der Waals surface area contributed by atoms with Crippen molar-refractivity contribution in [2.75, 3.05) is 25.4 Å².